The first-order chi connectivity index (χ1) is 12.6. The minimum atomic E-state index is -0.179. The van der Waals surface area contributed by atoms with Gasteiger partial charge in [0.1, 0.15) is 18.1 Å². The van der Waals surface area contributed by atoms with Crippen molar-refractivity contribution < 1.29 is 14.3 Å². The third kappa shape index (κ3) is 3.51. The summed E-state index contributed by atoms with van der Waals surface area (Å²) in [6.07, 6.45) is 5.00. The van der Waals surface area contributed by atoms with Crippen molar-refractivity contribution in [3.63, 3.8) is 0 Å². The van der Waals surface area contributed by atoms with Crippen molar-refractivity contribution in [3.05, 3.63) is 47.5 Å². The summed E-state index contributed by atoms with van der Waals surface area (Å²) in [4.78, 5) is 34.7. The molecule has 1 fully saturated rings. The van der Waals surface area contributed by atoms with Gasteiger partial charge in [0, 0.05) is 29.9 Å². The molecule has 134 valence electrons. The highest BCUT2D eigenvalue weighted by Crippen LogP contribution is 2.31. The van der Waals surface area contributed by atoms with Crippen LogP contribution in [0.15, 0.2) is 30.6 Å². The Balaban J connectivity index is 1.53. The van der Waals surface area contributed by atoms with Crippen LogP contribution in [0.1, 0.15) is 34.6 Å². The molecule has 7 nitrogen and oxygen atoms in total. The minimum absolute atomic E-state index is 0.0577. The number of nitrogens with one attached hydrogen (secondary N) is 1. The fourth-order valence-corrected chi connectivity index (χ4v) is 2.90. The lowest BCUT2D eigenvalue weighted by molar-refractivity contribution is -0.117. The van der Waals surface area contributed by atoms with E-state index >= 15 is 0 Å². The second-order valence-electron chi connectivity index (χ2n) is 6.70. The third-order valence-electron chi connectivity index (χ3n) is 4.54. The number of aromatic nitrogens is 2. The molecule has 2 heterocycles. The minimum Gasteiger partial charge on any atom is -0.491 e. The first-order valence-corrected chi connectivity index (χ1v) is 8.74. The van der Waals surface area contributed by atoms with E-state index in [1.54, 1.807) is 11.1 Å². The van der Waals surface area contributed by atoms with E-state index < -0.39 is 0 Å². The number of ether oxygens (including phenoxy) is 1. The molecule has 4 rings (SSSR count). The second-order valence-corrected chi connectivity index (χ2v) is 6.70. The van der Waals surface area contributed by atoms with Crippen LogP contribution in [0.4, 0.5) is 5.69 Å². The van der Waals surface area contributed by atoms with Crippen molar-refractivity contribution in [3.8, 4) is 5.75 Å². The van der Waals surface area contributed by atoms with Gasteiger partial charge in [-0.3, -0.25) is 14.6 Å². The molecule has 2 aliphatic rings. The number of hydrogen-bond acceptors (Lipinski definition) is 5. The lowest BCUT2D eigenvalue weighted by Crippen LogP contribution is -2.33. The predicted octanol–water partition coefficient (Wildman–Crippen LogP) is 2.17. The molecule has 26 heavy (non-hydrogen) atoms. The highest BCUT2D eigenvalue weighted by molar-refractivity contribution is 5.94. The molecule has 7 heteroatoms. The summed E-state index contributed by atoms with van der Waals surface area (Å²) in [5, 5.41) is 2.94. The Morgan fingerprint density at radius 2 is 2.08 bits per heavy atom. The van der Waals surface area contributed by atoms with E-state index in [9.17, 15) is 9.59 Å². The average molecular weight is 352 g/mol. The van der Waals surface area contributed by atoms with Crippen molar-refractivity contribution in [2.24, 2.45) is 5.92 Å². The summed E-state index contributed by atoms with van der Waals surface area (Å²) >= 11 is 0. The van der Waals surface area contributed by atoms with E-state index in [4.69, 9.17) is 4.74 Å². The standard InChI is InChI=1S/C19H20N4O3/c1-12-9-21-16(10-20-12)19(25)23-6-7-26-17-5-4-15(8-14(17)11-23)22-18(24)13-2-3-13/h4-5,8-10,13H,2-3,6-7,11H2,1H3,(H,22,24). The molecule has 2 aromatic rings. The zero-order valence-corrected chi connectivity index (χ0v) is 14.6. The summed E-state index contributed by atoms with van der Waals surface area (Å²) in [5.74, 6) is 0.756. The number of hydrogen-bond donors (Lipinski definition) is 1. The fourth-order valence-electron chi connectivity index (χ4n) is 2.90. The number of rotatable bonds is 3. The van der Waals surface area contributed by atoms with Gasteiger partial charge in [0.2, 0.25) is 5.91 Å². The maximum atomic E-state index is 12.7. The molecule has 0 bridgehead atoms. The predicted molar refractivity (Wildman–Crippen MR) is 94.8 cm³/mol. The van der Waals surface area contributed by atoms with Gasteiger partial charge in [0.05, 0.1) is 18.4 Å². The van der Waals surface area contributed by atoms with Crippen LogP contribution in [0, 0.1) is 12.8 Å². The van der Waals surface area contributed by atoms with Crippen LogP contribution in [0.5, 0.6) is 5.75 Å². The van der Waals surface area contributed by atoms with Gasteiger partial charge in [-0.05, 0) is 38.0 Å². The number of nitrogens with zero attached hydrogens (tertiary/aromatic N) is 3. The Hall–Kier alpha value is -2.96. The summed E-state index contributed by atoms with van der Waals surface area (Å²) in [6.45, 7) is 3.10. The molecule has 0 saturated heterocycles. The molecule has 1 aliphatic heterocycles. The maximum absolute atomic E-state index is 12.7. The molecule has 2 amide bonds. The Morgan fingerprint density at radius 1 is 1.23 bits per heavy atom. The number of anilines is 1. The number of fused-ring (bicyclic) bond motifs is 1. The number of aryl methyl sites for hydroxylation is 1. The molecule has 0 atom stereocenters. The van der Waals surface area contributed by atoms with Gasteiger partial charge in [-0.15, -0.1) is 0 Å². The van der Waals surface area contributed by atoms with Crippen molar-refractivity contribution in [1.82, 2.24) is 14.9 Å². The van der Waals surface area contributed by atoms with Gasteiger partial charge in [0.15, 0.2) is 0 Å². The van der Waals surface area contributed by atoms with E-state index in [-0.39, 0.29) is 17.7 Å². The largest absolute Gasteiger partial charge is 0.491 e. The fraction of sp³-hybridized carbons (Fsp3) is 0.368. The van der Waals surface area contributed by atoms with Gasteiger partial charge >= 0.3 is 0 Å². The van der Waals surface area contributed by atoms with Crippen LogP contribution in [0.25, 0.3) is 0 Å². The van der Waals surface area contributed by atoms with E-state index in [1.807, 2.05) is 25.1 Å². The summed E-state index contributed by atoms with van der Waals surface area (Å²) in [5.41, 5.74) is 2.68. The highest BCUT2D eigenvalue weighted by atomic mass is 16.5. The Kier molecular flexibility index (Phi) is 4.28. The smallest absolute Gasteiger partial charge is 0.274 e. The normalized spacial score (nSPS) is 16.3. The number of amides is 2. The monoisotopic (exact) mass is 352 g/mol. The molecule has 1 aliphatic carbocycles. The van der Waals surface area contributed by atoms with E-state index in [0.717, 1.165) is 35.5 Å². The lowest BCUT2D eigenvalue weighted by Gasteiger charge is -2.19. The summed E-state index contributed by atoms with van der Waals surface area (Å²) in [7, 11) is 0. The first-order valence-electron chi connectivity index (χ1n) is 8.74. The number of benzene rings is 1. The van der Waals surface area contributed by atoms with Crippen LogP contribution in [-0.2, 0) is 11.3 Å². The molecular weight excluding hydrogens is 332 g/mol. The zero-order valence-electron chi connectivity index (χ0n) is 14.6. The van der Waals surface area contributed by atoms with E-state index in [0.29, 0.717) is 25.4 Å². The number of carbonyl (C=O) groups is 2. The summed E-state index contributed by atoms with van der Waals surface area (Å²) in [6, 6.07) is 5.56. The Labute approximate surface area is 151 Å². The lowest BCUT2D eigenvalue weighted by atomic mass is 10.1. The van der Waals surface area contributed by atoms with Crippen molar-refractivity contribution in [1.29, 1.82) is 0 Å². The van der Waals surface area contributed by atoms with Gasteiger partial charge in [-0.2, -0.15) is 0 Å². The molecule has 0 spiro atoms. The zero-order chi connectivity index (χ0) is 18.1. The first kappa shape index (κ1) is 16.5. The molecule has 1 aromatic carbocycles. The van der Waals surface area contributed by atoms with Crippen LogP contribution >= 0.6 is 0 Å². The Bertz CT molecular complexity index is 846. The third-order valence-corrected chi connectivity index (χ3v) is 4.54. The van der Waals surface area contributed by atoms with Gasteiger partial charge in [0.25, 0.3) is 5.91 Å². The van der Waals surface area contributed by atoms with Crippen LogP contribution in [0.3, 0.4) is 0 Å². The quantitative estimate of drug-likeness (QED) is 0.915. The van der Waals surface area contributed by atoms with Crippen LogP contribution in [0.2, 0.25) is 0 Å². The van der Waals surface area contributed by atoms with Crippen molar-refractivity contribution in [2.45, 2.75) is 26.3 Å². The second kappa shape index (κ2) is 6.74. The topological polar surface area (TPSA) is 84.4 Å². The molecular formula is C19H20N4O3. The Morgan fingerprint density at radius 3 is 2.81 bits per heavy atom. The summed E-state index contributed by atoms with van der Waals surface area (Å²) < 4.78 is 5.76. The highest BCUT2D eigenvalue weighted by Gasteiger charge is 2.30. The molecule has 1 saturated carbocycles. The van der Waals surface area contributed by atoms with Crippen molar-refractivity contribution >= 4 is 17.5 Å². The maximum Gasteiger partial charge on any atom is 0.274 e. The van der Waals surface area contributed by atoms with Crippen molar-refractivity contribution in [2.75, 3.05) is 18.5 Å². The van der Waals surface area contributed by atoms with Crippen LogP contribution < -0.4 is 10.1 Å². The van der Waals surface area contributed by atoms with E-state index in [2.05, 4.69) is 15.3 Å². The average Bonchev–Trinajstić information content (AvgIpc) is 3.48. The van der Waals surface area contributed by atoms with Crippen LogP contribution in [-0.4, -0.2) is 39.8 Å². The van der Waals surface area contributed by atoms with Gasteiger partial charge in [-0.1, -0.05) is 0 Å². The molecule has 0 radical (unpaired) electrons. The van der Waals surface area contributed by atoms with E-state index in [1.165, 1.54) is 6.20 Å². The molecule has 1 N–H and O–H groups in total. The molecule has 0 unspecified atom stereocenters. The van der Waals surface area contributed by atoms with Gasteiger partial charge in [-0.25, -0.2) is 4.98 Å². The van der Waals surface area contributed by atoms with Gasteiger partial charge < -0.3 is 15.0 Å². The SMILES string of the molecule is Cc1cnc(C(=O)N2CCOc3ccc(NC(=O)C4CC4)cc3C2)cn1. The molecule has 1 aromatic heterocycles. The number of carbonyl (C=O) groups excluding carboxylic acids is 2.